The van der Waals surface area contributed by atoms with E-state index >= 15 is 0 Å². The van der Waals surface area contributed by atoms with Crippen LogP contribution in [0.5, 0.6) is 0 Å². The first kappa shape index (κ1) is 13.6. The van der Waals surface area contributed by atoms with Crippen molar-refractivity contribution in [3.05, 3.63) is 48.2 Å². The van der Waals surface area contributed by atoms with E-state index in [0.29, 0.717) is 17.6 Å². The van der Waals surface area contributed by atoms with E-state index in [9.17, 15) is 4.79 Å². The lowest BCUT2D eigenvalue weighted by Gasteiger charge is -2.19. The van der Waals surface area contributed by atoms with Gasteiger partial charge in [-0.15, -0.1) is 0 Å². The van der Waals surface area contributed by atoms with Gasteiger partial charge < -0.3 is 4.74 Å². The summed E-state index contributed by atoms with van der Waals surface area (Å²) in [7, 11) is 0. The molecule has 106 valence electrons. The van der Waals surface area contributed by atoms with Crippen LogP contribution in [0.25, 0.3) is 0 Å². The number of hydrogen-bond acceptors (Lipinski definition) is 6. The second kappa shape index (κ2) is 5.55. The van der Waals surface area contributed by atoms with E-state index in [2.05, 4.69) is 15.1 Å². The van der Waals surface area contributed by atoms with Crippen molar-refractivity contribution < 1.29 is 9.53 Å². The monoisotopic (exact) mass is 301 g/mol. The zero-order valence-electron chi connectivity index (χ0n) is 11.3. The van der Waals surface area contributed by atoms with Crippen molar-refractivity contribution in [3.8, 4) is 0 Å². The highest BCUT2D eigenvalue weighted by Crippen LogP contribution is 2.38. The molecule has 7 heteroatoms. The number of thiazole rings is 1. The molecule has 0 fully saturated rings. The number of pyridine rings is 1. The molecule has 3 heterocycles. The molecule has 0 spiro atoms. The van der Waals surface area contributed by atoms with Crippen LogP contribution in [0.15, 0.2) is 53.4 Å². The Balaban J connectivity index is 2.09. The minimum atomic E-state index is -0.443. The van der Waals surface area contributed by atoms with Crippen molar-refractivity contribution in [2.45, 2.75) is 6.92 Å². The summed E-state index contributed by atoms with van der Waals surface area (Å²) in [4.78, 5) is 20.6. The predicted molar refractivity (Wildman–Crippen MR) is 81.0 cm³/mol. The Morgan fingerprint density at radius 1 is 1.33 bits per heavy atom. The van der Waals surface area contributed by atoms with Gasteiger partial charge in [-0.3, -0.25) is 0 Å². The molecule has 0 N–H and O–H groups in total. The lowest BCUT2D eigenvalue weighted by molar-refractivity contribution is -0.134. The van der Waals surface area contributed by atoms with Gasteiger partial charge in [-0.05, 0) is 13.0 Å². The van der Waals surface area contributed by atoms with Gasteiger partial charge in [0.2, 0.25) is 5.71 Å². The Morgan fingerprint density at radius 2 is 2.24 bits per heavy atom. The maximum Gasteiger partial charge on any atom is 0.362 e. The number of rotatable bonds is 4. The lowest BCUT2D eigenvalue weighted by atomic mass is 10.4. The van der Waals surface area contributed by atoms with Crippen LogP contribution in [-0.4, -0.2) is 28.3 Å². The molecule has 0 radical (unpaired) electrons. The minimum Gasteiger partial charge on any atom is -0.461 e. The van der Waals surface area contributed by atoms with Crippen LogP contribution in [0.2, 0.25) is 0 Å². The summed E-state index contributed by atoms with van der Waals surface area (Å²) >= 11 is 1.45. The SMILES string of the molecule is CCOC(=O)C1=N[N+](c2ccccn2)(c2nccs2)C=C1. The maximum absolute atomic E-state index is 11.9. The van der Waals surface area contributed by atoms with Crippen LogP contribution in [-0.2, 0) is 9.53 Å². The normalized spacial score (nSPS) is 20.3. The molecule has 6 nitrogen and oxygen atoms in total. The maximum atomic E-state index is 11.9. The molecule has 1 aliphatic rings. The van der Waals surface area contributed by atoms with E-state index in [1.54, 1.807) is 31.6 Å². The molecule has 3 rings (SSSR count). The van der Waals surface area contributed by atoms with Gasteiger partial charge in [0.15, 0.2) is 0 Å². The Kier molecular flexibility index (Phi) is 3.59. The fourth-order valence-electron chi connectivity index (χ4n) is 2.00. The second-order valence-corrected chi connectivity index (χ2v) is 5.08. The molecule has 0 amide bonds. The highest BCUT2D eigenvalue weighted by molar-refractivity contribution is 7.13. The highest BCUT2D eigenvalue weighted by Gasteiger charge is 2.42. The number of quaternary nitrogens is 1. The number of carbonyl (C=O) groups is 1. The van der Waals surface area contributed by atoms with E-state index in [4.69, 9.17) is 4.74 Å². The summed E-state index contributed by atoms with van der Waals surface area (Å²) in [5.41, 5.74) is 0.262. The van der Waals surface area contributed by atoms with Crippen LogP contribution < -0.4 is 4.59 Å². The molecule has 0 saturated heterocycles. The van der Waals surface area contributed by atoms with Crippen LogP contribution in [0.3, 0.4) is 0 Å². The summed E-state index contributed by atoms with van der Waals surface area (Å²) in [5, 5.41) is 7.08. The molecule has 0 aliphatic carbocycles. The third-order valence-corrected chi connectivity index (χ3v) is 3.76. The molecule has 0 aromatic carbocycles. The van der Waals surface area contributed by atoms with Gasteiger partial charge in [-0.2, -0.15) is 4.98 Å². The molecule has 0 saturated carbocycles. The van der Waals surface area contributed by atoms with Gasteiger partial charge >= 0.3 is 11.1 Å². The van der Waals surface area contributed by atoms with Gasteiger partial charge in [0.25, 0.3) is 5.82 Å². The fourth-order valence-corrected chi connectivity index (χ4v) is 2.72. The van der Waals surface area contributed by atoms with Crippen molar-refractivity contribution in [2.75, 3.05) is 6.61 Å². The first-order chi connectivity index (χ1) is 10.3. The van der Waals surface area contributed by atoms with Gasteiger partial charge in [0.1, 0.15) is 6.20 Å². The predicted octanol–water partition coefficient (Wildman–Crippen LogP) is 2.62. The quantitative estimate of drug-likeness (QED) is 0.643. The second-order valence-electron chi connectivity index (χ2n) is 4.21. The van der Waals surface area contributed by atoms with Crippen molar-refractivity contribution in [3.63, 3.8) is 0 Å². The van der Waals surface area contributed by atoms with E-state index in [1.165, 1.54) is 11.3 Å². The van der Waals surface area contributed by atoms with E-state index in [1.807, 2.05) is 23.6 Å². The lowest BCUT2D eigenvalue weighted by Crippen LogP contribution is -2.31. The number of ether oxygens (including phenoxy) is 1. The van der Waals surface area contributed by atoms with Gasteiger partial charge in [-0.25, -0.2) is 9.78 Å². The zero-order valence-corrected chi connectivity index (χ0v) is 12.2. The van der Waals surface area contributed by atoms with E-state index < -0.39 is 5.97 Å². The van der Waals surface area contributed by atoms with Crippen molar-refractivity contribution in [1.29, 1.82) is 0 Å². The topological polar surface area (TPSA) is 64.4 Å². The zero-order chi connectivity index (χ0) is 14.7. The molecular weight excluding hydrogens is 288 g/mol. The van der Waals surface area contributed by atoms with Crippen LogP contribution in [0.1, 0.15) is 6.92 Å². The molecular formula is C14H13N4O2S+. The molecule has 0 bridgehead atoms. The molecule has 1 unspecified atom stereocenters. The van der Waals surface area contributed by atoms with Gasteiger partial charge in [0.05, 0.1) is 6.61 Å². The number of aromatic nitrogens is 2. The van der Waals surface area contributed by atoms with Crippen molar-refractivity contribution >= 4 is 34.0 Å². The molecule has 1 aliphatic heterocycles. The third-order valence-electron chi connectivity index (χ3n) is 2.91. The average molecular weight is 301 g/mol. The Morgan fingerprint density at radius 3 is 2.90 bits per heavy atom. The summed E-state index contributed by atoms with van der Waals surface area (Å²) in [6.45, 7) is 2.07. The molecule has 1 atom stereocenters. The van der Waals surface area contributed by atoms with Crippen LogP contribution in [0, 0.1) is 0 Å². The third kappa shape index (κ3) is 2.37. The van der Waals surface area contributed by atoms with Crippen LogP contribution >= 0.6 is 11.3 Å². The first-order valence-corrected chi connectivity index (χ1v) is 7.31. The number of esters is 1. The van der Waals surface area contributed by atoms with E-state index in [0.717, 1.165) is 0 Å². The van der Waals surface area contributed by atoms with Crippen molar-refractivity contribution in [2.24, 2.45) is 5.10 Å². The Hall–Kier alpha value is -2.38. The fraction of sp³-hybridized carbons (Fsp3) is 0.143. The summed E-state index contributed by atoms with van der Waals surface area (Å²) < 4.78 is 4.96. The number of carbonyl (C=O) groups excluding carboxylic acids is 1. The summed E-state index contributed by atoms with van der Waals surface area (Å²) in [6.07, 6.45) is 6.82. The number of nitrogens with zero attached hydrogens (tertiary/aromatic N) is 4. The van der Waals surface area contributed by atoms with E-state index in [-0.39, 0.29) is 10.3 Å². The molecule has 2 aromatic rings. The molecule has 21 heavy (non-hydrogen) atoms. The Bertz CT molecular complexity index is 697. The number of hydrogen-bond donors (Lipinski definition) is 0. The standard InChI is InChI=1S/C14H13N4O2S/c1-2-20-13(19)11-6-9-18(17-11,14-16-8-10-21-14)12-5-3-4-7-15-12/h3-10H,2H2,1H3/q+1. The molecule has 2 aromatic heterocycles. The van der Waals surface area contributed by atoms with Gasteiger partial charge in [-0.1, -0.05) is 27.1 Å². The largest absolute Gasteiger partial charge is 0.461 e. The summed E-state index contributed by atoms with van der Waals surface area (Å²) in [5.74, 6) is 0.226. The minimum absolute atomic E-state index is 0.0490. The van der Waals surface area contributed by atoms with Crippen LogP contribution in [0.4, 0.5) is 10.9 Å². The van der Waals surface area contributed by atoms with Gasteiger partial charge in [0, 0.05) is 29.9 Å². The summed E-state index contributed by atoms with van der Waals surface area (Å²) in [6, 6.07) is 5.56. The highest BCUT2D eigenvalue weighted by atomic mass is 32.1. The smallest absolute Gasteiger partial charge is 0.362 e. The Labute approximate surface area is 125 Å². The first-order valence-electron chi connectivity index (χ1n) is 6.43. The van der Waals surface area contributed by atoms with Crippen molar-refractivity contribution in [1.82, 2.24) is 14.6 Å². The average Bonchev–Trinajstić information content (AvgIpc) is 3.19.